The zero-order valence-corrected chi connectivity index (χ0v) is 11.7. The molecule has 1 aromatic heterocycles. The summed E-state index contributed by atoms with van der Waals surface area (Å²) in [6.45, 7) is 5.38. The summed E-state index contributed by atoms with van der Waals surface area (Å²) in [6, 6.07) is 11.9. The van der Waals surface area contributed by atoms with Crippen molar-refractivity contribution in [3.05, 3.63) is 59.0 Å². The molecular formula is C16H19NO3. The standard InChI is InChI=1S/C16H19NO3/c1-11(13-6-4-3-5-7-13)9-17-10-14-8-15(16(18)19)20-12(14)2/h3-8,11,17H,9-10H2,1-2H3,(H,18,19). The van der Waals surface area contributed by atoms with Gasteiger partial charge in [-0.05, 0) is 24.5 Å². The Morgan fingerprint density at radius 3 is 2.65 bits per heavy atom. The van der Waals surface area contributed by atoms with Crippen molar-refractivity contribution in [3.8, 4) is 0 Å². The second kappa shape index (κ2) is 6.39. The van der Waals surface area contributed by atoms with Crippen LogP contribution in [0.15, 0.2) is 40.8 Å². The first-order chi connectivity index (χ1) is 9.58. The topological polar surface area (TPSA) is 62.5 Å². The van der Waals surface area contributed by atoms with Crippen LogP contribution in [0.3, 0.4) is 0 Å². The molecule has 0 bridgehead atoms. The number of rotatable bonds is 6. The van der Waals surface area contributed by atoms with Crippen LogP contribution in [0.5, 0.6) is 0 Å². The van der Waals surface area contributed by atoms with E-state index < -0.39 is 5.97 Å². The van der Waals surface area contributed by atoms with Crippen molar-refractivity contribution < 1.29 is 14.3 Å². The van der Waals surface area contributed by atoms with Crippen LogP contribution < -0.4 is 5.32 Å². The van der Waals surface area contributed by atoms with Gasteiger partial charge >= 0.3 is 5.97 Å². The molecule has 1 atom stereocenters. The zero-order valence-electron chi connectivity index (χ0n) is 11.7. The summed E-state index contributed by atoms with van der Waals surface area (Å²) >= 11 is 0. The molecular weight excluding hydrogens is 254 g/mol. The minimum atomic E-state index is -1.03. The number of furan rings is 1. The monoisotopic (exact) mass is 273 g/mol. The maximum absolute atomic E-state index is 10.8. The number of benzene rings is 1. The minimum Gasteiger partial charge on any atom is -0.475 e. The van der Waals surface area contributed by atoms with Crippen molar-refractivity contribution in [2.24, 2.45) is 0 Å². The molecule has 0 radical (unpaired) electrons. The van der Waals surface area contributed by atoms with E-state index in [1.54, 1.807) is 13.0 Å². The van der Waals surface area contributed by atoms with Crippen LogP contribution in [0.1, 0.15) is 40.3 Å². The molecule has 4 nitrogen and oxygen atoms in total. The lowest BCUT2D eigenvalue weighted by molar-refractivity contribution is 0.0661. The van der Waals surface area contributed by atoms with Crippen molar-refractivity contribution in [2.75, 3.05) is 6.54 Å². The van der Waals surface area contributed by atoms with Crippen LogP contribution in [0.2, 0.25) is 0 Å². The van der Waals surface area contributed by atoms with Crippen LogP contribution in [-0.2, 0) is 6.54 Å². The van der Waals surface area contributed by atoms with E-state index in [-0.39, 0.29) is 5.76 Å². The number of nitrogens with one attached hydrogen (secondary N) is 1. The summed E-state index contributed by atoms with van der Waals surface area (Å²) in [7, 11) is 0. The summed E-state index contributed by atoms with van der Waals surface area (Å²) < 4.78 is 5.18. The Hall–Kier alpha value is -2.07. The van der Waals surface area contributed by atoms with E-state index in [0.29, 0.717) is 18.2 Å². The molecule has 2 N–H and O–H groups in total. The second-order valence-corrected chi connectivity index (χ2v) is 4.94. The Labute approximate surface area is 118 Å². The molecule has 0 amide bonds. The van der Waals surface area contributed by atoms with Gasteiger partial charge in [0.2, 0.25) is 5.76 Å². The van der Waals surface area contributed by atoms with Gasteiger partial charge in [0.25, 0.3) is 0 Å². The summed E-state index contributed by atoms with van der Waals surface area (Å²) in [5, 5.41) is 12.2. The number of carboxylic acid groups (broad SMARTS) is 1. The summed E-state index contributed by atoms with van der Waals surface area (Å²) in [5.41, 5.74) is 2.18. The largest absolute Gasteiger partial charge is 0.475 e. The van der Waals surface area contributed by atoms with Crippen molar-refractivity contribution in [3.63, 3.8) is 0 Å². The van der Waals surface area contributed by atoms with Gasteiger partial charge in [0.05, 0.1) is 0 Å². The normalized spacial score (nSPS) is 12.3. The molecule has 0 spiro atoms. The maximum atomic E-state index is 10.8. The molecule has 1 unspecified atom stereocenters. The average molecular weight is 273 g/mol. The molecule has 2 rings (SSSR count). The lowest BCUT2D eigenvalue weighted by Crippen LogP contribution is -2.19. The van der Waals surface area contributed by atoms with E-state index in [9.17, 15) is 4.79 Å². The van der Waals surface area contributed by atoms with Gasteiger partial charge in [-0.15, -0.1) is 0 Å². The van der Waals surface area contributed by atoms with Gasteiger partial charge in [-0.3, -0.25) is 0 Å². The molecule has 0 aliphatic rings. The fourth-order valence-corrected chi connectivity index (χ4v) is 2.12. The highest BCUT2D eigenvalue weighted by Gasteiger charge is 2.13. The second-order valence-electron chi connectivity index (χ2n) is 4.94. The lowest BCUT2D eigenvalue weighted by atomic mass is 10.0. The number of carbonyl (C=O) groups is 1. The summed E-state index contributed by atoms with van der Waals surface area (Å²) in [5.74, 6) is 0.0250. The van der Waals surface area contributed by atoms with Crippen LogP contribution in [0.4, 0.5) is 0 Å². The molecule has 20 heavy (non-hydrogen) atoms. The Morgan fingerprint density at radius 2 is 2.05 bits per heavy atom. The number of carboxylic acids is 1. The van der Waals surface area contributed by atoms with E-state index in [4.69, 9.17) is 9.52 Å². The first-order valence-electron chi connectivity index (χ1n) is 6.66. The molecule has 0 saturated heterocycles. The van der Waals surface area contributed by atoms with Crippen LogP contribution >= 0.6 is 0 Å². The third kappa shape index (κ3) is 3.48. The van der Waals surface area contributed by atoms with Gasteiger partial charge in [0, 0.05) is 18.7 Å². The van der Waals surface area contributed by atoms with Gasteiger partial charge in [0.1, 0.15) is 5.76 Å². The predicted molar refractivity (Wildman–Crippen MR) is 77.0 cm³/mol. The van der Waals surface area contributed by atoms with Crippen molar-refractivity contribution >= 4 is 5.97 Å². The van der Waals surface area contributed by atoms with Gasteiger partial charge < -0.3 is 14.8 Å². The fraction of sp³-hybridized carbons (Fsp3) is 0.312. The number of aryl methyl sites for hydroxylation is 1. The number of hydrogen-bond donors (Lipinski definition) is 2. The third-order valence-electron chi connectivity index (χ3n) is 3.37. The molecule has 0 saturated carbocycles. The van der Waals surface area contributed by atoms with Crippen molar-refractivity contribution in [1.29, 1.82) is 0 Å². The van der Waals surface area contributed by atoms with Gasteiger partial charge in [-0.1, -0.05) is 37.3 Å². The minimum absolute atomic E-state index is 0.00425. The van der Waals surface area contributed by atoms with Crippen LogP contribution in [-0.4, -0.2) is 17.6 Å². The SMILES string of the molecule is Cc1oc(C(=O)O)cc1CNCC(C)c1ccccc1. The average Bonchev–Trinajstić information content (AvgIpc) is 2.81. The first-order valence-corrected chi connectivity index (χ1v) is 6.66. The van der Waals surface area contributed by atoms with Gasteiger partial charge in [0.15, 0.2) is 0 Å². The summed E-state index contributed by atoms with van der Waals surface area (Å²) in [6.07, 6.45) is 0. The Balaban J connectivity index is 1.88. The Kier molecular flexibility index (Phi) is 4.58. The maximum Gasteiger partial charge on any atom is 0.371 e. The van der Waals surface area contributed by atoms with E-state index in [0.717, 1.165) is 12.1 Å². The van der Waals surface area contributed by atoms with E-state index in [1.165, 1.54) is 5.56 Å². The van der Waals surface area contributed by atoms with Gasteiger partial charge in [-0.2, -0.15) is 0 Å². The number of aromatic carboxylic acids is 1. The molecule has 1 heterocycles. The molecule has 0 aliphatic heterocycles. The van der Waals surface area contributed by atoms with Crippen LogP contribution in [0, 0.1) is 6.92 Å². The highest BCUT2D eigenvalue weighted by atomic mass is 16.4. The molecule has 1 aromatic carbocycles. The molecule has 0 fully saturated rings. The third-order valence-corrected chi connectivity index (χ3v) is 3.37. The van der Waals surface area contributed by atoms with Crippen molar-refractivity contribution in [1.82, 2.24) is 5.32 Å². The Bertz CT molecular complexity index is 575. The predicted octanol–water partition coefficient (Wildman–Crippen LogP) is 3.18. The zero-order chi connectivity index (χ0) is 14.5. The lowest BCUT2D eigenvalue weighted by Gasteiger charge is -2.12. The van der Waals surface area contributed by atoms with Crippen LogP contribution in [0.25, 0.3) is 0 Å². The van der Waals surface area contributed by atoms with Gasteiger partial charge in [-0.25, -0.2) is 4.79 Å². The highest BCUT2D eigenvalue weighted by Crippen LogP contribution is 2.16. The molecule has 4 heteroatoms. The molecule has 2 aromatic rings. The quantitative estimate of drug-likeness (QED) is 0.848. The smallest absolute Gasteiger partial charge is 0.371 e. The van der Waals surface area contributed by atoms with Crippen molar-refractivity contribution in [2.45, 2.75) is 26.3 Å². The van der Waals surface area contributed by atoms with E-state index in [1.807, 2.05) is 18.2 Å². The molecule has 106 valence electrons. The molecule has 0 aliphatic carbocycles. The first kappa shape index (κ1) is 14.3. The summed E-state index contributed by atoms with van der Waals surface area (Å²) in [4.78, 5) is 10.8. The highest BCUT2D eigenvalue weighted by molar-refractivity contribution is 5.84. The fourth-order valence-electron chi connectivity index (χ4n) is 2.12. The number of hydrogen-bond acceptors (Lipinski definition) is 3. The van der Waals surface area contributed by atoms with E-state index >= 15 is 0 Å². The Morgan fingerprint density at radius 1 is 1.35 bits per heavy atom. The van der Waals surface area contributed by atoms with E-state index in [2.05, 4.69) is 24.4 Å².